The van der Waals surface area contributed by atoms with E-state index in [-0.39, 0.29) is 24.0 Å². The zero-order valence-corrected chi connectivity index (χ0v) is 20.8. The normalized spacial score (nSPS) is 27.3. The van der Waals surface area contributed by atoms with Crippen LogP contribution in [0.1, 0.15) is 25.3 Å². The number of hydrogen-bond donors (Lipinski definition) is 2. The molecule has 3 unspecified atom stereocenters. The van der Waals surface area contributed by atoms with Crippen LogP contribution in [0.25, 0.3) is 0 Å². The van der Waals surface area contributed by atoms with E-state index in [0.717, 1.165) is 58.1 Å². The minimum Gasteiger partial charge on any atom is -0.355 e. The average Bonchev–Trinajstić information content (AvgIpc) is 2.70. The highest BCUT2D eigenvalue weighted by atomic mass is 127. The summed E-state index contributed by atoms with van der Waals surface area (Å²) in [6.07, 6.45) is 2.31. The molecule has 0 amide bonds. The molecule has 3 atom stereocenters. The Morgan fingerprint density at radius 2 is 1.90 bits per heavy atom. The maximum Gasteiger partial charge on any atom is 0.191 e. The van der Waals surface area contributed by atoms with E-state index in [2.05, 4.69) is 81.7 Å². The van der Waals surface area contributed by atoms with Crippen molar-refractivity contribution in [2.24, 2.45) is 4.99 Å². The predicted octanol–water partition coefficient (Wildman–Crippen LogP) is 2.07. The van der Waals surface area contributed by atoms with Crippen molar-refractivity contribution in [2.45, 2.75) is 44.4 Å². The molecule has 7 heteroatoms. The van der Waals surface area contributed by atoms with E-state index >= 15 is 0 Å². The van der Waals surface area contributed by atoms with E-state index in [4.69, 9.17) is 0 Å². The van der Waals surface area contributed by atoms with Crippen LogP contribution in [0.5, 0.6) is 0 Å². The van der Waals surface area contributed by atoms with Gasteiger partial charge in [0.1, 0.15) is 0 Å². The van der Waals surface area contributed by atoms with Crippen LogP contribution in [0.4, 0.5) is 0 Å². The van der Waals surface area contributed by atoms with Crippen molar-refractivity contribution in [2.75, 3.05) is 53.9 Å². The highest BCUT2D eigenvalue weighted by Crippen LogP contribution is 2.20. The first-order valence-electron chi connectivity index (χ1n) is 10.7. The Morgan fingerprint density at radius 3 is 2.59 bits per heavy atom. The van der Waals surface area contributed by atoms with Gasteiger partial charge in [0, 0.05) is 64.4 Å². The molecule has 29 heavy (non-hydrogen) atoms. The summed E-state index contributed by atoms with van der Waals surface area (Å²) in [5.41, 5.74) is 1.40. The zero-order valence-electron chi connectivity index (χ0n) is 18.5. The number of piperazine rings is 1. The fourth-order valence-corrected chi connectivity index (χ4v) is 4.33. The van der Waals surface area contributed by atoms with Crippen LogP contribution in [-0.2, 0) is 6.54 Å². The van der Waals surface area contributed by atoms with E-state index in [1.807, 2.05) is 7.05 Å². The summed E-state index contributed by atoms with van der Waals surface area (Å²) in [5, 5.41) is 7.23. The topological polar surface area (TPSA) is 46.1 Å². The molecule has 2 N–H and O–H groups in total. The van der Waals surface area contributed by atoms with Crippen molar-refractivity contribution in [1.82, 2.24) is 25.3 Å². The quantitative estimate of drug-likeness (QED) is 0.358. The Morgan fingerprint density at radius 1 is 1.14 bits per heavy atom. The van der Waals surface area contributed by atoms with Gasteiger partial charge in [-0.05, 0) is 39.4 Å². The number of nitrogens with zero attached hydrogens (tertiary/aromatic N) is 4. The molecule has 0 spiro atoms. The lowest BCUT2D eigenvalue weighted by molar-refractivity contribution is 0.116. The van der Waals surface area contributed by atoms with Gasteiger partial charge in [-0.15, -0.1) is 24.0 Å². The Labute approximate surface area is 194 Å². The Kier molecular flexibility index (Phi) is 10.1. The van der Waals surface area contributed by atoms with Crippen LogP contribution in [0, 0.1) is 0 Å². The van der Waals surface area contributed by atoms with Crippen LogP contribution in [0.15, 0.2) is 35.3 Å². The number of nitrogens with one attached hydrogen (secondary N) is 2. The number of benzene rings is 1. The summed E-state index contributed by atoms with van der Waals surface area (Å²) in [4.78, 5) is 11.9. The van der Waals surface area contributed by atoms with Crippen LogP contribution in [0.3, 0.4) is 0 Å². The maximum atomic E-state index is 4.47. The second kappa shape index (κ2) is 12.1. The van der Waals surface area contributed by atoms with Gasteiger partial charge in [0.15, 0.2) is 5.96 Å². The minimum atomic E-state index is 0. The highest BCUT2D eigenvalue weighted by Gasteiger charge is 2.27. The van der Waals surface area contributed by atoms with E-state index in [1.54, 1.807) is 0 Å². The minimum absolute atomic E-state index is 0. The first-order chi connectivity index (χ1) is 13.5. The molecular weight excluding hydrogens is 475 g/mol. The number of halogens is 1. The van der Waals surface area contributed by atoms with Crippen molar-refractivity contribution >= 4 is 29.9 Å². The molecule has 0 bridgehead atoms. The standard InChI is InChI=1S/C22H38N6.HI/c1-18-14-20(10-11-28(18)16-19-8-6-5-7-9-19)25-22(23-2)24-15-21-17-26(3)12-13-27(21)4;/h5-9,18,20-21H,10-17H2,1-4H3,(H2,23,24,25);1H. The third kappa shape index (κ3) is 7.38. The summed E-state index contributed by atoms with van der Waals surface area (Å²) in [6.45, 7) is 8.84. The molecule has 1 aromatic rings. The largest absolute Gasteiger partial charge is 0.355 e. The van der Waals surface area contributed by atoms with Crippen molar-refractivity contribution < 1.29 is 0 Å². The van der Waals surface area contributed by atoms with E-state index < -0.39 is 0 Å². The van der Waals surface area contributed by atoms with Gasteiger partial charge in [0.05, 0.1) is 0 Å². The number of rotatable bonds is 5. The molecule has 2 aliphatic rings. The fourth-order valence-electron chi connectivity index (χ4n) is 4.33. The fraction of sp³-hybridized carbons (Fsp3) is 0.682. The van der Waals surface area contributed by atoms with Gasteiger partial charge in [-0.25, -0.2) is 0 Å². The second-order valence-electron chi connectivity index (χ2n) is 8.52. The Balaban J connectivity index is 0.00000300. The summed E-state index contributed by atoms with van der Waals surface area (Å²) in [7, 11) is 6.30. The number of aliphatic imine (C=N–C) groups is 1. The Bertz CT molecular complexity index is 625. The van der Waals surface area contributed by atoms with Gasteiger partial charge >= 0.3 is 0 Å². The van der Waals surface area contributed by atoms with Gasteiger partial charge in [0.25, 0.3) is 0 Å². The molecule has 0 radical (unpaired) electrons. The van der Waals surface area contributed by atoms with Gasteiger partial charge in [0.2, 0.25) is 0 Å². The molecule has 3 rings (SSSR count). The molecule has 0 aromatic heterocycles. The summed E-state index contributed by atoms with van der Waals surface area (Å²) >= 11 is 0. The number of likely N-dealkylation sites (N-methyl/N-ethyl adjacent to an activating group) is 2. The van der Waals surface area contributed by atoms with Crippen molar-refractivity contribution in [1.29, 1.82) is 0 Å². The van der Waals surface area contributed by atoms with Gasteiger partial charge in [-0.3, -0.25) is 14.8 Å². The van der Waals surface area contributed by atoms with Crippen LogP contribution in [0.2, 0.25) is 0 Å². The smallest absolute Gasteiger partial charge is 0.191 e. The first-order valence-corrected chi connectivity index (χ1v) is 10.7. The number of piperidine rings is 1. The Hall–Kier alpha value is -0.900. The van der Waals surface area contributed by atoms with Crippen molar-refractivity contribution in [3.05, 3.63) is 35.9 Å². The van der Waals surface area contributed by atoms with Crippen LogP contribution >= 0.6 is 24.0 Å². The van der Waals surface area contributed by atoms with Gasteiger partial charge in [-0.1, -0.05) is 30.3 Å². The van der Waals surface area contributed by atoms with E-state index in [1.165, 1.54) is 5.56 Å². The molecule has 1 aromatic carbocycles. The average molecular weight is 515 g/mol. The van der Waals surface area contributed by atoms with Crippen molar-refractivity contribution in [3.63, 3.8) is 0 Å². The number of guanidine groups is 1. The summed E-state index contributed by atoms with van der Waals surface area (Å²) in [6, 6.07) is 12.4. The molecule has 2 heterocycles. The molecule has 2 saturated heterocycles. The van der Waals surface area contributed by atoms with Crippen molar-refractivity contribution in [3.8, 4) is 0 Å². The van der Waals surface area contributed by atoms with Gasteiger partial charge < -0.3 is 15.5 Å². The first kappa shape index (κ1) is 24.4. The number of hydrogen-bond acceptors (Lipinski definition) is 4. The third-order valence-corrected chi connectivity index (χ3v) is 6.29. The van der Waals surface area contributed by atoms with Gasteiger partial charge in [-0.2, -0.15) is 0 Å². The SMILES string of the molecule is CN=C(NCC1CN(C)CCN1C)NC1CCN(Cc2ccccc2)C(C)C1.I. The lowest BCUT2D eigenvalue weighted by Crippen LogP contribution is -2.57. The van der Waals surface area contributed by atoms with Crippen LogP contribution in [-0.4, -0.2) is 92.7 Å². The molecular formula is C22H39IN6. The lowest BCUT2D eigenvalue weighted by Gasteiger charge is -2.39. The van der Waals surface area contributed by atoms with E-state index in [9.17, 15) is 0 Å². The molecule has 6 nitrogen and oxygen atoms in total. The molecule has 0 saturated carbocycles. The summed E-state index contributed by atoms with van der Waals surface area (Å²) < 4.78 is 0. The lowest BCUT2D eigenvalue weighted by atomic mass is 9.97. The third-order valence-electron chi connectivity index (χ3n) is 6.29. The zero-order chi connectivity index (χ0) is 19.9. The maximum absolute atomic E-state index is 4.47. The van der Waals surface area contributed by atoms with Crippen LogP contribution < -0.4 is 10.6 Å². The molecule has 164 valence electrons. The predicted molar refractivity (Wildman–Crippen MR) is 133 cm³/mol. The molecule has 2 fully saturated rings. The highest BCUT2D eigenvalue weighted by molar-refractivity contribution is 14.0. The summed E-state index contributed by atoms with van der Waals surface area (Å²) in [5.74, 6) is 0.940. The van der Waals surface area contributed by atoms with E-state index in [0.29, 0.717) is 18.1 Å². The molecule has 0 aliphatic carbocycles. The number of likely N-dealkylation sites (tertiary alicyclic amines) is 1. The molecule has 2 aliphatic heterocycles. The second-order valence-corrected chi connectivity index (χ2v) is 8.52. The monoisotopic (exact) mass is 514 g/mol.